The molecule has 9 nitrogen and oxygen atoms in total. The van der Waals surface area contributed by atoms with Gasteiger partial charge in [-0.1, -0.05) is 48.5 Å². The maximum atomic E-state index is 13.2. The van der Waals surface area contributed by atoms with Crippen molar-refractivity contribution < 1.29 is 33.6 Å². The van der Waals surface area contributed by atoms with E-state index in [1.807, 2.05) is 48.5 Å². The van der Waals surface area contributed by atoms with Crippen LogP contribution >= 0.6 is 0 Å². The van der Waals surface area contributed by atoms with Gasteiger partial charge in [-0.2, -0.15) is 0 Å². The molecule has 216 valence electrons. The number of para-hydroxylation sites is 2. The number of hydrogen-bond acceptors (Lipinski definition) is 6. The normalized spacial score (nSPS) is 13.1. The first-order valence-electron chi connectivity index (χ1n) is 13.6. The van der Waals surface area contributed by atoms with Gasteiger partial charge >= 0.3 is 12.0 Å². The Labute approximate surface area is 244 Å². The van der Waals surface area contributed by atoms with Gasteiger partial charge in [-0.05, 0) is 67.4 Å². The molecule has 0 bridgehead atoms. The second kappa shape index (κ2) is 13.0. The van der Waals surface area contributed by atoms with Gasteiger partial charge in [0.25, 0.3) is 0 Å². The van der Waals surface area contributed by atoms with Crippen molar-refractivity contribution in [3.63, 3.8) is 0 Å². The number of fused-ring (bicyclic) bond motifs is 1. The van der Waals surface area contributed by atoms with Gasteiger partial charge in [-0.3, -0.25) is 4.90 Å². The number of nitrogens with one attached hydrogen (secondary N) is 1. The molecular weight excluding hydrogens is 536 g/mol. The van der Waals surface area contributed by atoms with E-state index < -0.39 is 11.6 Å². The van der Waals surface area contributed by atoms with E-state index in [4.69, 9.17) is 18.9 Å². The van der Waals surface area contributed by atoms with E-state index in [9.17, 15) is 14.7 Å². The third-order valence-electron chi connectivity index (χ3n) is 6.74. The molecule has 0 spiro atoms. The molecule has 2 amide bonds. The van der Waals surface area contributed by atoms with Crippen LogP contribution in [0.1, 0.15) is 18.9 Å². The minimum atomic E-state index is -1.42. The lowest BCUT2D eigenvalue weighted by Crippen LogP contribution is -2.43. The molecule has 4 aromatic rings. The number of urea groups is 1. The van der Waals surface area contributed by atoms with Crippen molar-refractivity contribution in [1.82, 2.24) is 0 Å². The number of hydrogen-bond donors (Lipinski definition) is 2. The Bertz CT molecular complexity index is 1500. The van der Waals surface area contributed by atoms with Crippen LogP contribution in [0.15, 0.2) is 103 Å². The molecule has 0 aliphatic carbocycles. The largest absolute Gasteiger partial charge is 0.494 e. The molecule has 1 atom stereocenters. The molecular formula is C33H32N2O7. The molecule has 0 saturated heterocycles. The summed E-state index contributed by atoms with van der Waals surface area (Å²) in [6.07, 6.45) is 0.759. The summed E-state index contributed by atoms with van der Waals surface area (Å²) in [5.41, 5.74) is 0.749. The second-order valence-corrected chi connectivity index (χ2v) is 9.96. The third kappa shape index (κ3) is 7.11. The number of ether oxygens (including phenoxy) is 4. The summed E-state index contributed by atoms with van der Waals surface area (Å²) in [4.78, 5) is 26.9. The van der Waals surface area contributed by atoms with Gasteiger partial charge in [0, 0.05) is 30.4 Å². The summed E-state index contributed by atoms with van der Waals surface area (Å²) in [5.74, 6) is 1.34. The zero-order valence-corrected chi connectivity index (χ0v) is 23.2. The number of carboxylic acid groups (broad SMARTS) is 1. The summed E-state index contributed by atoms with van der Waals surface area (Å²) in [5, 5.41) is 12.8. The summed E-state index contributed by atoms with van der Waals surface area (Å²) in [7, 11) is 0. The third-order valence-corrected chi connectivity index (χ3v) is 6.74. The van der Waals surface area contributed by atoms with Crippen molar-refractivity contribution in [2.75, 3.05) is 30.2 Å². The molecule has 0 aromatic heterocycles. The molecule has 42 heavy (non-hydrogen) atoms. The molecule has 9 heteroatoms. The van der Waals surface area contributed by atoms with E-state index in [0.717, 1.165) is 11.3 Å². The molecule has 1 aliphatic rings. The van der Waals surface area contributed by atoms with Gasteiger partial charge in [0.1, 0.15) is 11.5 Å². The highest BCUT2D eigenvalue weighted by Gasteiger charge is 2.36. The SMILES string of the molecule is CC(Cc1ccc(OCCCN(C(=O)Nc2ccc3c(c2)OCO3)c2ccccc2)cc1)(Oc1ccccc1)C(=O)O. The number of benzene rings is 4. The Balaban J connectivity index is 1.16. The minimum absolute atomic E-state index is 0.163. The number of rotatable bonds is 12. The van der Waals surface area contributed by atoms with Crippen LogP contribution in [0.2, 0.25) is 0 Å². The fraction of sp³-hybridized carbons (Fsp3) is 0.212. The monoisotopic (exact) mass is 568 g/mol. The van der Waals surface area contributed by atoms with Gasteiger partial charge in [-0.15, -0.1) is 0 Å². The molecule has 1 aliphatic heterocycles. The van der Waals surface area contributed by atoms with E-state index in [-0.39, 0.29) is 19.2 Å². The highest BCUT2D eigenvalue weighted by atomic mass is 16.7. The van der Waals surface area contributed by atoms with Crippen LogP contribution in [0.5, 0.6) is 23.0 Å². The molecule has 0 fully saturated rings. The predicted molar refractivity (Wildman–Crippen MR) is 159 cm³/mol. The Hall–Kier alpha value is -5.18. The van der Waals surface area contributed by atoms with Gasteiger partial charge < -0.3 is 29.4 Å². The Morgan fingerprint density at radius 1 is 0.881 bits per heavy atom. The van der Waals surface area contributed by atoms with Crippen LogP contribution in [-0.2, 0) is 11.2 Å². The average Bonchev–Trinajstić information content (AvgIpc) is 3.47. The van der Waals surface area contributed by atoms with Crippen molar-refractivity contribution in [3.05, 3.63) is 109 Å². The number of carbonyl (C=O) groups is 2. The fourth-order valence-electron chi connectivity index (χ4n) is 4.53. The molecule has 1 unspecified atom stereocenters. The fourth-order valence-corrected chi connectivity index (χ4v) is 4.53. The van der Waals surface area contributed by atoms with E-state index >= 15 is 0 Å². The molecule has 0 radical (unpaired) electrons. The second-order valence-electron chi connectivity index (χ2n) is 9.96. The first kappa shape index (κ1) is 28.4. The van der Waals surface area contributed by atoms with Crippen molar-refractivity contribution in [1.29, 1.82) is 0 Å². The van der Waals surface area contributed by atoms with Gasteiger partial charge in [0.15, 0.2) is 11.5 Å². The van der Waals surface area contributed by atoms with Crippen molar-refractivity contribution in [3.8, 4) is 23.0 Å². The molecule has 5 rings (SSSR count). The molecule has 4 aromatic carbocycles. The van der Waals surface area contributed by atoms with Crippen LogP contribution in [0, 0.1) is 0 Å². The number of carboxylic acids is 1. The zero-order valence-electron chi connectivity index (χ0n) is 23.2. The molecule has 2 N–H and O–H groups in total. The topological polar surface area (TPSA) is 107 Å². The quantitative estimate of drug-likeness (QED) is 0.191. The van der Waals surface area contributed by atoms with Gasteiger partial charge in [0.05, 0.1) is 6.61 Å². The Morgan fingerprint density at radius 3 is 2.29 bits per heavy atom. The van der Waals surface area contributed by atoms with Crippen molar-refractivity contribution in [2.24, 2.45) is 0 Å². The highest BCUT2D eigenvalue weighted by Crippen LogP contribution is 2.34. The first-order valence-corrected chi connectivity index (χ1v) is 13.6. The lowest BCUT2D eigenvalue weighted by Gasteiger charge is -2.26. The van der Waals surface area contributed by atoms with Crippen LogP contribution in [0.3, 0.4) is 0 Å². The van der Waals surface area contributed by atoms with Crippen LogP contribution in [-0.4, -0.2) is 42.7 Å². The first-order chi connectivity index (χ1) is 20.4. The summed E-state index contributed by atoms with van der Waals surface area (Å²) < 4.78 is 22.5. The minimum Gasteiger partial charge on any atom is -0.494 e. The Morgan fingerprint density at radius 2 is 1.57 bits per heavy atom. The number of aliphatic carboxylic acids is 1. The smallest absolute Gasteiger partial charge is 0.348 e. The van der Waals surface area contributed by atoms with Crippen LogP contribution in [0.25, 0.3) is 0 Å². The lowest BCUT2D eigenvalue weighted by molar-refractivity contribution is -0.153. The number of amides is 2. The van der Waals surface area contributed by atoms with Crippen molar-refractivity contribution in [2.45, 2.75) is 25.4 Å². The summed E-state index contributed by atoms with van der Waals surface area (Å²) >= 11 is 0. The Kier molecular flexibility index (Phi) is 8.77. The maximum absolute atomic E-state index is 13.2. The number of carbonyl (C=O) groups excluding carboxylic acids is 1. The average molecular weight is 569 g/mol. The van der Waals surface area contributed by atoms with Gasteiger partial charge in [0.2, 0.25) is 12.4 Å². The maximum Gasteiger partial charge on any atom is 0.348 e. The van der Waals surface area contributed by atoms with Crippen LogP contribution in [0.4, 0.5) is 16.2 Å². The van der Waals surface area contributed by atoms with E-state index in [0.29, 0.717) is 48.3 Å². The lowest BCUT2D eigenvalue weighted by atomic mass is 9.96. The van der Waals surface area contributed by atoms with Crippen molar-refractivity contribution >= 4 is 23.4 Å². The van der Waals surface area contributed by atoms with Crippen LogP contribution < -0.4 is 29.2 Å². The van der Waals surface area contributed by atoms with E-state index in [2.05, 4.69) is 5.32 Å². The number of anilines is 2. The highest BCUT2D eigenvalue weighted by molar-refractivity contribution is 6.01. The molecule has 0 saturated carbocycles. The summed E-state index contributed by atoms with van der Waals surface area (Å²) in [6, 6.07) is 30.6. The zero-order chi connectivity index (χ0) is 29.4. The summed E-state index contributed by atoms with van der Waals surface area (Å²) in [6.45, 7) is 2.53. The standard InChI is InChI=1S/C33H32N2O7/c1-33(31(36)37,42-28-11-6-3-7-12-28)22-24-13-16-27(17-14-24)39-20-8-19-35(26-9-4-2-5-10-26)32(38)34-25-15-18-29-30(21-25)41-23-40-29/h2-7,9-18,21H,8,19-20,22-23H2,1H3,(H,34,38)(H,36,37). The van der Waals surface area contributed by atoms with Gasteiger partial charge in [-0.25, -0.2) is 9.59 Å². The number of nitrogens with zero attached hydrogens (tertiary/aromatic N) is 1. The van der Waals surface area contributed by atoms with E-state index in [1.54, 1.807) is 66.4 Å². The van der Waals surface area contributed by atoms with E-state index in [1.165, 1.54) is 0 Å². The predicted octanol–water partition coefficient (Wildman–Crippen LogP) is 6.39. The molecule has 1 heterocycles.